The number of nitrogens with one attached hydrogen (secondary N) is 1. The molecule has 4 rings (SSSR count). The molecule has 0 saturated heterocycles. The van der Waals surface area contributed by atoms with Crippen LogP contribution >= 0.6 is 11.8 Å². The second-order valence-electron chi connectivity index (χ2n) is 6.35. The molecule has 0 spiro atoms. The highest BCUT2D eigenvalue weighted by molar-refractivity contribution is 8.14. The van der Waals surface area contributed by atoms with Gasteiger partial charge in [0.1, 0.15) is 0 Å². The third-order valence-corrected chi connectivity index (χ3v) is 5.52. The molecule has 1 aliphatic rings. The molecule has 3 aromatic rings. The van der Waals surface area contributed by atoms with Crippen LogP contribution in [-0.2, 0) is 0 Å². The topological polar surface area (TPSA) is 44.7 Å². The van der Waals surface area contributed by atoms with E-state index in [1.807, 2.05) is 54.6 Å². The Morgan fingerprint density at radius 2 is 1.70 bits per heavy atom. The quantitative estimate of drug-likeness (QED) is 0.619. The summed E-state index contributed by atoms with van der Waals surface area (Å²) in [4.78, 5) is 19.7. The smallest absolute Gasteiger partial charge is 0.307 e. The van der Waals surface area contributed by atoms with Crippen molar-refractivity contribution in [3.05, 3.63) is 72.8 Å². The Labute approximate surface area is 163 Å². The van der Waals surface area contributed by atoms with Gasteiger partial charge in [-0.1, -0.05) is 66.4 Å². The Morgan fingerprint density at radius 1 is 0.926 bits per heavy atom. The zero-order chi connectivity index (χ0) is 18.5. The molecule has 4 nitrogen and oxygen atoms in total. The number of urea groups is 1. The van der Waals surface area contributed by atoms with Crippen molar-refractivity contribution in [2.75, 3.05) is 22.5 Å². The Hall–Kier alpha value is -2.79. The highest BCUT2D eigenvalue weighted by Gasteiger charge is 2.24. The normalized spacial score (nSPS) is 14.3. The van der Waals surface area contributed by atoms with E-state index in [0.29, 0.717) is 0 Å². The number of aliphatic imine (C=N–C) groups is 1. The summed E-state index contributed by atoms with van der Waals surface area (Å²) in [5.41, 5.74) is 1.63. The Bertz CT molecular complexity index is 966. The number of hydrogen-bond donors (Lipinski definition) is 1. The number of hydrogen-bond acceptors (Lipinski definition) is 3. The fourth-order valence-corrected chi connectivity index (χ4v) is 4.16. The summed E-state index contributed by atoms with van der Waals surface area (Å²) in [5, 5.41) is 5.92. The van der Waals surface area contributed by atoms with Gasteiger partial charge >= 0.3 is 6.03 Å². The van der Waals surface area contributed by atoms with E-state index >= 15 is 0 Å². The minimum Gasteiger partial charge on any atom is -0.307 e. The summed E-state index contributed by atoms with van der Waals surface area (Å²) < 4.78 is 0. The number of nitrogens with zero attached hydrogens (tertiary/aromatic N) is 2. The second-order valence-corrected chi connectivity index (χ2v) is 7.41. The fourth-order valence-electron chi connectivity index (χ4n) is 3.14. The number of carbonyl (C=O) groups excluding carboxylic acids is 1. The van der Waals surface area contributed by atoms with Crippen LogP contribution in [-0.4, -0.2) is 23.5 Å². The van der Waals surface area contributed by atoms with Gasteiger partial charge in [0.05, 0.1) is 5.69 Å². The first-order valence-electron chi connectivity index (χ1n) is 9.14. The molecule has 2 amide bonds. The summed E-state index contributed by atoms with van der Waals surface area (Å²) in [6.45, 7) is 0.752. The molecule has 1 heterocycles. The predicted octanol–water partition coefficient (Wildman–Crippen LogP) is 5.76. The molecule has 0 atom stereocenters. The predicted molar refractivity (Wildman–Crippen MR) is 116 cm³/mol. The van der Waals surface area contributed by atoms with Crippen molar-refractivity contribution >= 4 is 45.1 Å². The molecule has 0 unspecified atom stereocenters. The summed E-state index contributed by atoms with van der Waals surface area (Å²) in [7, 11) is 0. The molecule has 0 saturated carbocycles. The van der Waals surface area contributed by atoms with E-state index in [2.05, 4.69) is 23.5 Å². The molecule has 3 aromatic carbocycles. The monoisotopic (exact) mass is 375 g/mol. The van der Waals surface area contributed by atoms with Gasteiger partial charge in [0, 0.05) is 23.4 Å². The third kappa shape index (κ3) is 3.98. The van der Waals surface area contributed by atoms with Gasteiger partial charge in [-0.25, -0.2) is 9.69 Å². The first-order valence-corrected chi connectivity index (χ1v) is 10.1. The van der Waals surface area contributed by atoms with Gasteiger partial charge in [-0.2, -0.15) is 0 Å². The molecule has 0 bridgehead atoms. The van der Waals surface area contributed by atoms with Crippen molar-refractivity contribution in [3.8, 4) is 0 Å². The average Bonchev–Trinajstić information content (AvgIpc) is 2.98. The first-order chi connectivity index (χ1) is 13.3. The average molecular weight is 375 g/mol. The zero-order valence-corrected chi connectivity index (χ0v) is 15.8. The van der Waals surface area contributed by atoms with Crippen LogP contribution in [0.15, 0.2) is 77.8 Å². The number of para-hydroxylation sites is 1. The molecule has 27 heavy (non-hydrogen) atoms. The third-order valence-electron chi connectivity index (χ3n) is 4.46. The maximum absolute atomic E-state index is 13.3. The SMILES string of the molecule is O=C(Nc1ccccc1)N(C1=NCCCCS1)c1cccc2ccccc12. The van der Waals surface area contributed by atoms with Gasteiger partial charge in [-0.15, -0.1) is 0 Å². The van der Waals surface area contributed by atoms with Gasteiger partial charge in [0.25, 0.3) is 0 Å². The molecule has 0 aliphatic carbocycles. The first kappa shape index (κ1) is 17.6. The van der Waals surface area contributed by atoms with Crippen molar-refractivity contribution in [1.82, 2.24) is 0 Å². The van der Waals surface area contributed by atoms with Crippen molar-refractivity contribution in [1.29, 1.82) is 0 Å². The van der Waals surface area contributed by atoms with Gasteiger partial charge in [-0.05, 0) is 36.4 Å². The highest BCUT2D eigenvalue weighted by atomic mass is 32.2. The van der Waals surface area contributed by atoms with E-state index in [0.717, 1.165) is 52.5 Å². The molecule has 136 valence electrons. The number of thioether (sulfide) groups is 1. The van der Waals surface area contributed by atoms with Crippen LogP contribution < -0.4 is 10.2 Å². The van der Waals surface area contributed by atoms with Gasteiger partial charge < -0.3 is 5.32 Å². The summed E-state index contributed by atoms with van der Waals surface area (Å²) in [6.07, 6.45) is 2.17. The van der Waals surface area contributed by atoms with Crippen LogP contribution in [0.2, 0.25) is 0 Å². The van der Waals surface area contributed by atoms with E-state index in [1.54, 1.807) is 16.7 Å². The maximum Gasteiger partial charge on any atom is 0.332 e. The molecular weight excluding hydrogens is 354 g/mol. The van der Waals surface area contributed by atoms with Crippen LogP contribution in [0.3, 0.4) is 0 Å². The molecule has 1 N–H and O–H groups in total. The molecule has 0 radical (unpaired) electrons. The minimum atomic E-state index is -0.189. The summed E-state index contributed by atoms with van der Waals surface area (Å²) in [5.74, 6) is 0.971. The number of anilines is 2. The van der Waals surface area contributed by atoms with E-state index in [1.165, 1.54) is 0 Å². The largest absolute Gasteiger partial charge is 0.332 e. The van der Waals surface area contributed by atoms with Crippen molar-refractivity contribution < 1.29 is 4.79 Å². The number of benzene rings is 3. The molecule has 0 fully saturated rings. The van der Waals surface area contributed by atoms with E-state index < -0.39 is 0 Å². The Balaban J connectivity index is 1.78. The van der Waals surface area contributed by atoms with Crippen molar-refractivity contribution in [2.45, 2.75) is 12.8 Å². The number of amidine groups is 1. The van der Waals surface area contributed by atoms with Crippen LogP contribution in [0.25, 0.3) is 10.8 Å². The zero-order valence-electron chi connectivity index (χ0n) is 15.0. The molecule has 1 aliphatic heterocycles. The lowest BCUT2D eigenvalue weighted by atomic mass is 10.1. The van der Waals surface area contributed by atoms with E-state index in [4.69, 9.17) is 4.99 Å². The molecular formula is C22H21N3OS. The van der Waals surface area contributed by atoms with Crippen LogP contribution in [0.5, 0.6) is 0 Å². The number of carbonyl (C=O) groups is 1. The Kier molecular flexibility index (Phi) is 5.39. The summed E-state index contributed by atoms with van der Waals surface area (Å²) >= 11 is 1.65. The lowest BCUT2D eigenvalue weighted by Crippen LogP contribution is -2.39. The van der Waals surface area contributed by atoms with Gasteiger partial charge in [0.2, 0.25) is 0 Å². The Morgan fingerprint density at radius 3 is 2.59 bits per heavy atom. The standard InChI is InChI=1S/C22H21N3OS/c26-21(24-18-11-2-1-3-12-18)25(22-23-15-6-7-16-27-22)20-14-8-10-17-9-4-5-13-19(17)20/h1-5,8-14H,6-7,15-16H2,(H,24,26). The highest BCUT2D eigenvalue weighted by Crippen LogP contribution is 2.30. The van der Waals surface area contributed by atoms with Crippen LogP contribution in [0.4, 0.5) is 16.2 Å². The van der Waals surface area contributed by atoms with Crippen molar-refractivity contribution in [3.63, 3.8) is 0 Å². The maximum atomic E-state index is 13.3. The summed E-state index contributed by atoms with van der Waals surface area (Å²) in [6, 6.07) is 23.5. The van der Waals surface area contributed by atoms with Gasteiger partial charge in [0.15, 0.2) is 5.17 Å². The lowest BCUT2D eigenvalue weighted by molar-refractivity contribution is 0.259. The van der Waals surface area contributed by atoms with Crippen molar-refractivity contribution in [2.24, 2.45) is 4.99 Å². The molecule has 5 heteroatoms. The van der Waals surface area contributed by atoms with E-state index in [9.17, 15) is 4.79 Å². The minimum absolute atomic E-state index is 0.189. The second kappa shape index (κ2) is 8.27. The van der Waals surface area contributed by atoms with Crippen LogP contribution in [0.1, 0.15) is 12.8 Å². The van der Waals surface area contributed by atoms with Crippen LogP contribution in [0, 0.1) is 0 Å². The number of amides is 2. The van der Waals surface area contributed by atoms with E-state index in [-0.39, 0.29) is 6.03 Å². The lowest BCUT2D eigenvalue weighted by Gasteiger charge is -2.25. The van der Waals surface area contributed by atoms with Gasteiger partial charge in [-0.3, -0.25) is 4.99 Å². The fraction of sp³-hybridized carbons (Fsp3) is 0.182. The molecule has 0 aromatic heterocycles. The number of rotatable bonds is 2. The number of fused-ring (bicyclic) bond motifs is 1.